The SMILES string of the molecule is CC(=O)N[C@H](CCCCCNC(=O)c1ccc(C(=O)O)c(-c2c3ccc(=O)cc-3oc3cc(O)ccc23)c1)C(=O)N[C@H](C)C(=O)N[C@H](C)C(=O)N[C@H](C)C(=O)N[C@@H](C(=O)N[C@H](Cc1cnc[nH]1)C(=O)N[C@H](CCCC(=O)O)C(N)=O)[C@H](C)O. The third-order valence-corrected chi connectivity index (χ3v) is 13.1. The molecule has 1 aromatic heterocycles. The van der Waals surface area contributed by atoms with Crippen molar-refractivity contribution in [3.63, 3.8) is 0 Å². The lowest BCUT2D eigenvalue weighted by Gasteiger charge is -2.27. The van der Waals surface area contributed by atoms with Crippen molar-refractivity contribution in [1.82, 2.24) is 52.5 Å². The normalized spacial score (nSPS) is 14.0. The summed E-state index contributed by atoms with van der Waals surface area (Å²) in [5, 5.41) is 60.1. The van der Waals surface area contributed by atoms with Crippen molar-refractivity contribution in [2.45, 2.75) is 134 Å². The number of carbonyl (C=O) groups is 11. The Labute approximate surface area is 473 Å². The highest BCUT2D eigenvalue weighted by molar-refractivity contribution is 6.09. The Hall–Kier alpha value is -9.73. The minimum absolute atomic E-state index is 0.00811. The average molecular weight is 1150 g/mol. The number of nitrogens with zero attached hydrogens (tertiary/aromatic N) is 1. The molecule has 1 aliphatic heterocycles. The number of aromatic amines is 1. The van der Waals surface area contributed by atoms with E-state index in [0.717, 1.165) is 0 Å². The van der Waals surface area contributed by atoms with Crippen LogP contribution in [0.25, 0.3) is 33.4 Å². The molecule has 0 spiro atoms. The molecular weight excluding hydrogens is 1090 g/mol. The summed E-state index contributed by atoms with van der Waals surface area (Å²) in [6.45, 7) is 6.41. The van der Waals surface area contributed by atoms with E-state index < -0.39 is 114 Å². The number of hydrogen-bond acceptors (Lipinski definition) is 16. The van der Waals surface area contributed by atoms with Crippen LogP contribution >= 0.6 is 0 Å². The summed E-state index contributed by atoms with van der Waals surface area (Å²) in [5.74, 6) is -9.77. The van der Waals surface area contributed by atoms with Gasteiger partial charge in [0, 0.05) is 72.4 Å². The minimum atomic E-state index is -1.70. The van der Waals surface area contributed by atoms with Gasteiger partial charge in [0.25, 0.3) is 5.91 Å². The Bertz CT molecular complexity index is 3250. The molecule has 444 valence electrons. The van der Waals surface area contributed by atoms with Crippen molar-refractivity contribution >= 4 is 76.1 Å². The number of aliphatic hydroxyl groups is 1. The fraction of sp³-hybridized carbons (Fsp3) is 0.400. The molecule has 1 aliphatic carbocycles. The Morgan fingerprint density at radius 3 is 1.89 bits per heavy atom. The molecule has 5 rings (SSSR count). The zero-order valence-electron chi connectivity index (χ0n) is 46.0. The van der Waals surface area contributed by atoms with Gasteiger partial charge in [-0.2, -0.15) is 0 Å². The Morgan fingerprint density at radius 2 is 1.29 bits per heavy atom. The molecule has 2 aliphatic rings. The first-order valence-electron chi connectivity index (χ1n) is 26.4. The number of aliphatic hydroxyl groups excluding tert-OH is 1. The number of carboxylic acid groups (broad SMARTS) is 2. The zero-order chi connectivity index (χ0) is 61.2. The number of hydrogen-bond donors (Lipinski definition) is 14. The van der Waals surface area contributed by atoms with Crippen LogP contribution in [-0.4, -0.2) is 150 Å². The quantitative estimate of drug-likeness (QED) is 0.0209. The number of nitrogens with two attached hydrogens (primary N) is 1. The van der Waals surface area contributed by atoms with Crippen molar-refractivity contribution in [3.8, 4) is 28.2 Å². The maximum Gasteiger partial charge on any atom is 0.336 e. The summed E-state index contributed by atoms with van der Waals surface area (Å²) >= 11 is 0. The highest BCUT2D eigenvalue weighted by atomic mass is 16.4. The van der Waals surface area contributed by atoms with Crippen LogP contribution in [0.15, 0.2) is 76.3 Å². The van der Waals surface area contributed by atoms with Gasteiger partial charge in [-0.3, -0.25) is 52.7 Å². The average Bonchev–Trinajstić information content (AvgIpc) is 2.06. The predicted molar refractivity (Wildman–Crippen MR) is 295 cm³/mol. The number of fused-ring (bicyclic) bond motifs is 2. The summed E-state index contributed by atoms with van der Waals surface area (Å²) in [7, 11) is 0. The second kappa shape index (κ2) is 29.6. The molecule has 0 radical (unpaired) electrons. The lowest BCUT2D eigenvalue weighted by Crippen LogP contribution is -2.61. The molecule has 0 saturated carbocycles. The second-order valence-electron chi connectivity index (χ2n) is 19.7. The number of H-pyrrole nitrogens is 1. The van der Waals surface area contributed by atoms with Gasteiger partial charge in [-0.05, 0) is 101 Å². The molecule has 9 amide bonds. The number of aromatic hydroxyl groups is 1. The monoisotopic (exact) mass is 1150 g/mol. The van der Waals surface area contributed by atoms with Crippen molar-refractivity contribution in [3.05, 3.63) is 94.2 Å². The Balaban J connectivity index is 1.10. The van der Waals surface area contributed by atoms with Crippen molar-refractivity contribution in [2.75, 3.05) is 6.54 Å². The number of unbranched alkanes of at least 4 members (excludes halogenated alkanes) is 2. The summed E-state index contributed by atoms with van der Waals surface area (Å²) < 4.78 is 5.89. The number of nitrogens with one attached hydrogen (secondary N) is 9. The number of carboxylic acids is 2. The lowest BCUT2D eigenvalue weighted by atomic mass is 9.89. The third-order valence-electron chi connectivity index (χ3n) is 13.1. The van der Waals surface area contributed by atoms with Crippen LogP contribution in [-0.2, 0) is 49.6 Å². The second-order valence-corrected chi connectivity index (χ2v) is 19.7. The summed E-state index contributed by atoms with van der Waals surface area (Å²) in [5.41, 5.74) is 6.50. The maximum atomic E-state index is 13.5. The number of rotatable bonds is 30. The number of amides is 9. The largest absolute Gasteiger partial charge is 0.508 e. The lowest BCUT2D eigenvalue weighted by molar-refractivity contribution is -0.137. The first-order chi connectivity index (χ1) is 39.2. The highest BCUT2D eigenvalue weighted by Crippen LogP contribution is 2.42. The number of aromatic nitrogens is 2. The number of imidazole rings is 1. The molecule has 0 fully saturated rings. The van der Waals surface area contributed by atoms with Gasteiger partial charge < -0.3 is 78.1 Å². The van der Waals surface area contributed by atoms with Gasteiger partial charge in [0.2, 0.25) is 47.3 Å². The number of phenolic OH excluding ortho intramolecular Hbond substituents is 1. The molecule has 28 nitrogen and oxygen atoms in total. The first-order valence-corrected chi connectivity index (χ1v) is 26.4. The molecule has 3 aromatic rings. The number of primary amides is 1. The number of benzene rings is 3. The molecule has 28 heteroatoms. The summed E-state index contributed by atoms with van der Waals surface area (Å²) in [4.78, 5) is 160. The smallest absolute Gasteiger partial charge is 0.336 e. The van der Waals surface area contributed by atoms with E-state index in [4.69, 9.17) is 15.3 Å². The number of carbonyl (C=O) groups excluding carboxylic acids is 9. The van der Waals surface area contributed by atoms with Gasteiger partial charge in [0.05, 0.1) is 18.0 Å². The molecule has 8 atom stereocenters. The Morgan fingerprint density at radius 1 is 0.663 bits per heavy atom. The number of phenols is 1. The molecular formula is C55H67N11O17. The van der Waals surface area contributed by atoms with E-state index in [1.807, 2.05) is 0 Å². The van der Waals surface area contributed by atoms with Crippen LogP contribution in [0.2, 0.25) is 0 Å². The van der Waals surface area contributed by atoms with Crippen LogP contribution in [0.4, 0.5) is 0 Å². The minimum Gasteiger partial charge on any atom is -0.508 e. The fourth-order valence-electron chi connectivity index (χ4n) is 8.67. The highest BCUT2D eigenvalue weighted by Gasteiger charge is 2.34. The van der Waals surface area contributed by atoms with Crippen LogP contribution < -0.4 is 53.7 Å². The molecule has 0 unspecified atom stereocenters. The zero-order valence-corrected chi connectivity index (χ0v) is 46.0. The van der Waals surface area contributed by atoms with Crippen molar-refractivity contribution in [2.24, 2.45) is 5.73 Å². The van der Waals surface area contributed by atoms with Gasteiger partial charge in [-0.1, -0.05) is 12.8 Å². The standard InChI is InChI=1S/C55H67N11O17/c1-26(48(74)61-28(3)50(76)66-46(29(4)67)54(80)65-41(21-32-24-57-25-59-32)53(79)64-39(47(56)73)11-9-12-44(71)72)60-49(75)27(2)62-52(78)40(63-30(5)68)10-7-6-8-19-58-51(77)31-13-16-35(55(81)82)38(20-31)45-36-17-14-33(69)22-42(36)83-43-23-34(70)15-18-37(43)45/h13-18,20,22-29,39-41,46,67,69H,6-12,19,21H2,1-5H3,(H2,56,73)(H,57,59)(H,58,77)(H,60,75)(H,61,74)(H,62,78)(H,63,68)(H,64,79)(H,65,80)(H,66,76)(H,71,72)(H,81,82)/t26-,27-,28-,29+,39-,40-,41-,46-/m1/s1. The molecule has 83 heavy (non-hydrogen) atoms. The van der Waals surface area contributed by atoms with E-state index in [1.165, 1.54) is 102 Å². The van der Waals surface area contributed by atoms with Crippen LogP contribution in [0.3, 0.4) is 0 Å². The van der Waals surface area contributed by atoms with E-state index in [2.05, 4.69) is 52.5 Å². The molecule has 15 N–H and O–H groups in total. The van der Waals surface area contributed by atoms with Gasteiger partial charge >= 0.3 is 11.9 Å². The van der Waals surface area contributed by atoms with E-state index in [0.29, 0.717) is 41.5 Å². The molecule has 0 bridgehead atoms. The van der Waals surface area contributed by atoms with E-state index in [-0.39, 0.29) is 77.9 Å². The first kappa shape index (κ1) is 64.1. The van der Waals surface area contributed by atoms with Gasteiger partial charge in [-0.15, -0.1) is 0 Å². The van der Waals surface area contributed by atoms with E-state index >= 15 is 0 Å². The number of aromatic carboxylic acids is 1. The van der Waals surface area contributed by atoms with Crippen LogP contribution in [0.5, 0.6) is 5.75 Å². The molecule has 2 aromatic carbocycles. The summed E-state index contributed by atoms with van der Waals surface area (Å²) in [6, 6.07) is 2.89. The van der Waals surface area contributed by atoms with Crippen LogP contribution in [0.1, 0.15) is 106 Å². The van der Waals surface area contributed by atoms with Crippen molar-refractivity contribution < 1.29 is 77.6 Å². The fourth-order valence-corrected chi connectivity index (χ4v) is 8.67. The third kappa shape index (κ3) is 18.4. The molecule has 0 saturated heterocycles. The van der Waals surface area contributed by atoms with Gasteiger partial charge in [-0.25, -0.2) is 9.78 Å². The Kier molecular flexibility index (Phi) is 22.9. The number of aliphatic carboxylic acids is 1. The molecule has 2 heterocycles. The van der Waals surface area contributed by atoms with Crippen molar-refractivity contribution in [1.29, 1.82) is 0 Å². The van der Waals surface area contributed by atoms with E-state index in [1.54, 1.807) is 0 Å². The van der Waals surface area contributed by atoms with Crippen LogP contribution in [0, 0.1) is 0 Å². The van der Waals surface area contributed by atoms with E-state index in [9.17, 15) is 72.9 Å². The van der Waals surface area contributed by atoms with Gasteiger partial charge in [0.1, 0.15) is 59.4 Å². The topological polar surface area (TPSA) is 450 Å². The maximum absolute atomic E-state index is 13.5. The summed E-state index contributed by atoms with van der Waals surface area (Å²) in [6.07, 6.45) is 1.82. The van der Waals surface area contributed by atoms with Gasteiger partial charge in [0.15, 0.2) is 5.43 Å². The predicted octanol–water partition coefficient (Wildman–Crippen LogP) is -0.181.